The normalized spacial score (nSPS) is 15.8. The van der Waals surface area contributed by atoms with Gasteiger partial charge in [0, 0.05) is 32.6 Å². The summed E-state index contributed by atoms with van der Waals surface area (Å²) in [5.74, 6) is 0.880. The van der Waals surface area contributed by atoms with E-state index in [0.29, 0.717) is 19.0 Å². The summed E-state index contributed by atoms with van der Waals surface area (Å²) in [5.41, 5.74) is 1.30. The maximum Gasteiger partial charge on any atom is 0.221 e. The van der Waals surface area contributed by atoms with Gasteiger partial charge in [-0.05, 0) is 24.8 Å². The molecule has 0 unspecified atom stereocenters. The van der Waals surface area contributed by atoms with Crippen molar-refractivity contribution in [1.82, 2.24) is 16.0 Å². The van der Waals surface area contributed by atoms with E-state index < -0.39 is 0 Å². The average Bonchev–Trinajstić information content (AvgIpc) is 2.62. The van der Waals surface area contributed by atoms with Crippen LogP contribution in [0.15, 0.2) is 35.3 Å². The summed E-state index contributed by atoms with van der Waals surface area (Å²) in [7, 11) is 1.75. The van der Waals surface area contributed by atoms with E-state index in [2.05, 4.69) is 33.1 Å². The van der Waals surface area contributed by atoms with E-state index in [0.717, 1.165) is 31.8 Å². The second-order valence-corrected chi connectivity index (χ2v) is 6.31. The number of hydrogen-bond donors (Lipinski definition) is 3. The maximum atomic E-state index is 12.0. The van der Waals surface area contributed by atoms with Crippen LogP contribution in [0, 0.1) is 0 Å². The van der Waals surface area contributed by atoms with Gasteiger partial charge in [-0.25, -0.2) is 0 Å². The van der Waals surface area contributed by atoms with Gasteiger partial charge in [-0.1, -0.05) is 49.6 Å². The van der Waals surface area contributed by atoms with Crippen LogP contribution >= 0.6 is 0 Å². The minimum absolute atomic E-state index is 0.133. The highest BCUT2D eigenvalue weighted by molar-refractivity contribution is 5.81. The van der Waals surface area contributed by atoms with E-state index in [9.17, 15) is 4.79 Å². The van der Waals surface area contributed by atoms with Gasteiger partial charge in [0.2, 0.25) is 5.91 Å². The van der Waals surface area contributed by atoms with E-state index in [-0.39, 0.29) is 5.91 Å². The summed E-state index contributed by atoms with van der Waals surface area (Å²) in [6, 6.07) is 10.7. The van der Waals surface area contributed by atoms with Crippen LogP contribution in [-0.4, -0.2) is 38.0 Å². The zero-order chi connectivity index (χ0) is 17.0. The van der Waals surface area contributed by atoms with Gasteiger partial charge in [-0.2, -0.15) is 0 Å². The monoisotopic (exact) mass is 330 g/mol. The molecular formula is C19H30N4O. The third-order valence-corrected chi connectivity index (χ3v) is 4.39. The molecule has 0 radical (unpaired) electrons. The van der Waals surface area contributed by atoms with Crippen LogP contribution in [0.25, 0.3) is 0 Å². The fraction of sp³-hybridized carbons (Fsp3) is 0.579. The van der Waals surface area contributed by atoms with Gasteiger partial charge in [0.15, 0.2) is 5.96 Å². The van der Waals surface area contributed by atoms with E-state index in [1.807, 2.05) is 18.2 Å². The molecule has 0 aliphatic heterocycles. The largest absolute Gasteiger partial charge is 0.356 e. The molecule has 24 heavy (non-hydrogen) atoms. The number of guanidine groups is 1. The summed E-state index contributed by atoms with van der Waals surface area (Å²) in [4.78, 5) is 16.2. The lowest BCUT2D eigenvalue weighted by Crippen LogP contribution is -2.41. The molecule has 0 aromatic heterocycles. The molecule has 5 nitrogen and oxygen atoms in total. The van der Waals surface area contributed by atoms with Gasteiger partial charge in [0.05, 0.1) is 0 Å². The van der Waals surface area contributed by atoms with E-state index in [1.54, 1.807) is 7.05 Å². The van der Waals surface area contributed by atoms with Crippen LogP contribution in [0.5, 0.6) is 0 Å². The number of carbonyl (C=O) groups is 1. The van der Waals surface area contributed by atoms with Crippen molar-refractivity contribution in [2.75, 3.05) is 20.1 Å². The molecule has 1 aromatic rings. The number of aliphatic imine (C=N–C) groups is 1. The molecule has 0 saturated heterocycles. The third kappa shape index (κ3) is 7.02. The van der Waals surface area contributed by atoms with Gasteiger partial charge in [-0.3, -0.25) is 9.79 Å². The van der Waals surface area contributed by atoms with Crippen molar-refractivity contribution in [3.8, 4) is 0 Å². The van der Waals surface area contributed by atoms with E-state index >= 15 is 0 Å². The fourth-order valence-corrected chi connectivity index (χ4v) is 3.03. The smallest absolute Gasteiger partial charge is 0.221 e. The van der Waals surface area contributed by atoms with Crippen molar-refractivity contribution < 1.29 is 4.79 Å². The Kier molecular flexibility index (Phi) is 8.15. The lowest BCUT2D eigenvalue weighted by Gasteiger charge is -2.22. The van der Waals surface area contributed by atoms with Crippen LogP contribution in [-0.2, 0) is 11.2 Å². The van der Waals surface area contributed by atoms with E-state index in [1.165, 1.54) is 24.8 Å². The van der Waals surface area contributed by atoms with Crippen molar-refractivity contribution in [2.24, 2.45) is 4.99 Å². The Bertz CT molecular complexity index is 509. The molecule has 0 heterocycles. The SMILES string of the molecule is CN=C(NCCC(=O)NC1CCCCC1)NCCc1ccccc1. The number of nitrogens with one attached hydrogen (secondary N) is 3. The molecule has 0 bridgehead atoms. The van der Waals surface area contributed by atoms with Crippen LogP contribution in [0.1, 0.15) is 44.1 Å². The summed E-state index contributed by atoms with van der Waals surface area (Å²) in [6.07, 6.45) is 7.46. The fourth-order valence-electron chi connectivity index (χ4n) is 3.03. The highest BCUT2D eigenvalue weighted by atomic mass is 16.1. The number of amides is 1. The summed E-state index contributed by atoms with van der Waals surface area (Å²) >= 11 is 0. The predicted octanol–water partition coefficient (Wildman–Crippen LogP) is 2.23. The van der Waals surface area contributed by atoms with Gasteiger partial charge in [-0.15, -0.1) is 0 Å². The zero-order valence-electron chi connectivity index (χ0n) is 14.7. The second-order valence-electron chi connectivity index (χ2n) is 6.31. The first-order valence-electron chi connectivity index (χ1n) is 9.06. The minimum Gasteiger partial charge on any atom is -0.356 e. The second kappa shape index (κ2) is 10.7. The molecule has 0 spiro atoms. The Morgan fingerprint density at radius 3 is 2.50 bits per heavy atom. The lowest BCUT2D eigenvalue weighted by molar-refractivity contribution is -0.121. The number of benzene rings is 1. The standard InChI is InChI=1S/C19H30N4O/c1-20-19(21-14-12-16-8-4-2-5-9-16)22-15-13-18(24)23-17-10-6-3-7-11-17/h2,4-5,8-9,17H,3,6-7,10-15H2,1H3,(H,23,24)(H2,20,21,22). The Morgan fingerprint density at radius 2 is 1.79 bits per heavy atom. The van der Waals surface area contributed by atoms with Crippen LogP contribution in [0.2, 0.25) is 0 Å². The Morgan fingerprint density at radius 1 is 1.08 bits per heavy atom. The molecule has 1 fully saturated rings. The summed E-state index contributed by atoms with van der Waals surface area (Å²) in [6.45, 7) is 1.42. The topological polar surface area (TPSA) is 65.5 Å². The van der Waals surface area contributed by atoms with Crippen molar-refractivity contribution in [3.05, 3.63) is 35.9 Å². The van der Waals surface area contributed by atoms with Gasteiger partial charge in [0.1, 0.15) is 0 Å². The van der Waals surface area contributed by atoms with Crippen molar-refractivity contribution in [1.29, 1.82) is 0 Å². The van der Waals surface area contributed by atoms with Gasteiger partial charge >= 0.3 is 0 Å². The molecule has 2 rings (SSSR count). The molecule has 132 valence electrons. The van der Waals surface area contributed by atoms with Crippen LogP contribution < -0.4 is 16.0 Å². The lowest BCUT2D eigenvalue weighted by atomic mass is 9.95. The summed E-state index contributed by atoms with van der Waals surface area (Å²) < 4.78 is 0. The first-order valence-corrected chi connectivity index (χ1v) is 9.06. The van der Waals surface area contributed by atoms with Crippen molar-refractivity contribution in [3.63, 3.8) is 0 Å². The van der Waals surface area contributed by atoms with Crippen molar-refractivity contribution >= 4 is 11.9 Å². The Balaban J connectivity index is 1.58. The number of hydrogen-bond acceptors (Lipinski definition) is 2. The third-order valence-electron chi connectivity index (χ3n) is 4.39. The quantitative estimate of drug-likeness (QED) is 0.531. The van der Waals surface area contributed by atoms with Crippen molar-refractivity contribution in [2.45, 2.75) is 51.0 Å². The number of carbonyl (C=O) groups excluding carboxylic acids is 1. The molecular weight excluding hydrogens is 300 g/mol. The average molecular weight is 330 g/mol. The minimum atomic E-state index is 0.133. The number of rotatable bonds is 7. The summed E-state index contributed by atoms with van der Waals surface area (Å²) in [5, 5.41) is 9.62. The first kappa shape index (κ1) is 18.3. The predicted molar refractivity (Wildman–Crippen MR) is 99.1 cm³/mol. The molecule has 1 aromatic carbocycles. The molecule has 3 N–H and O–H groups in total. The van der Waals surface area contributed by atoms with Gasteiger partial charge in [0.25, 0.3) is 0 Å². The molecule has 0 atom stereocenters. The van der Waals surface area contributed by atoms with E-state index in [4.69, 9.17) is 0 Å². The molecule has 1 aliphatic rings. The van der Waals surface area contributed by atoms with Gasteiger partial charge < -0.3 is 16.0 Å². The zero-order valence-corrected chi connectivity index (χ0v) is 14.7. The molecule has 1 saturated carbocycles. The highest BCUT2D eigenvalue weighted by Gasteiger charge is 2.15. The molecule has 5 heteroatoms. The Hall–Kier alpha value is -2.04. The number of nitrogens with zero attached hydrogens (tertiary/aromatic N) is 1. The maximum absolute atomic E-state index is 12.0. The Labute approximate surface area is 145 Å². The molecule has 1 amide bonds. The van der Waals surface area contributed by atoms with Crippen LogP contribution in [0.4, 0.5) is 0 Å². The highest BCUT2D eigenvalue weighted by Crippen LogP contribution is 2.17. The van der Waals surface area contributed by atoms with Crippen LogP contribution in [0.3, 0.4) is 0 Å². The first-order chi connectivity index (χ1) is 11.8. The molecule has 1 aliphatic carbocycles.